The fourth-order valence-corrected chi connectivity index (χ4v) is 7.31. The number of hydrogen-bond acceptors (Lipinski definition) is 4. The van der Waals surface area contributed by atoms with Gasteiger partial charge in [0.05, 0.1) is 23.4 Å². The van der Waals surface area contributed by atoms with Crippen molar-refractivity contribution >= 4 is 16.5 Å². The molecular weight excluding hydrogens is 479 g/mol. The maximum absolute atomic E-state index is 14.6. The van der Waals surface area contributed by atoms with Crippen LogP contribution in [0.4, 0.5) is 13.2 Å². The largest absolute Gasteiger partial charge is 0.413 e. The molecule has 4 N–H and O–H groups in total. The molecule has 0 bridgehead atoms. The van der Waals surface area contributed by atoms with Crippen LogP contribution in [0.25, 0.3) is 16.5 Å². The molecule has 0 aliphatic heterocycles. The second-order valence-electron chi connectivity index (χ2n) is 11.4. The number of hydrogen-bond donors (Lipinski definition) is 4. The molecule has 4 aliphatic rings. The Labute approximate surface area is 215 Å². The molecule has 0 saturated heterocycles. The second-order valence-corrected chi connectivity index (χ2v) is 11.4. The summed E-state index contributed by atoms with van der Waals surface area (Å²) in [6, 6.07) is 5.81. The fraction of sp³-hybridized carbons (Fsp3) is 0.552. The quantitative estimate of drug-likeness (QED) is 0.394. The number of allylic oxidation sites excluding steroid dienone is 3. The molecule has 6 rings (SSSR count). The summed E-state index contributed by atoms with van der Waals surface area (Å²) in [5, 5.41) is 33.0. The van der Waals surface area contributed by atoms with Gasteiger partial charge in [0.1, 0.15) is 0 Å². The SMILES string of the molecule is CC12CC(C(F)(F)F)=C3C=C4CC(O)CCC4CC[C@]3(O)C1CC=C2c1ccc2[nH]ncc2c1.CNC. The number of aliphatic hydroxyl groups excluding tert-OH is 1. The number of aromatic amines is 1. The van der Waals surface area contributed by atoms with Gasteiger partial charge in [-0.1, -0.05) is 30.7 Å². The van der Waals surface area contributed by atoms with Gasteiger partial charge in [0.15, 0.2) is 0 Å². The number of nitrogens with zero attached hydrogens (tertiary/aromatic N) is 1. The van der Waals surface area contributed by atoms with E-state index < -0.39 is 28.9 Å². The average Bonchev–Trinajstić information content (AvgIpc) is 3.40. The van der Waals surface area contributed by atoms with Crippen LogP contribution in [-0.4, -0.2) is 52.4 Å². The molecular formula is C29H36F3N3O2. The minimum absolute atomic E-state index is 0.0500. The molecule has 1 fully saturated rings. The molecule has 4 aliphatic carbocycles. The summed E-state index contributed by atoms with van der Waals surface area (Å²) in [6.07, 6.45) is 3.47. The Kier molecular flexibility index (Phi) is 6.66. The average molecular weight is 516 g/mol. The second kappa shape index (κ2) is 9.40. The highest BCUT2D eigenvalue weighted by atomic mass is 19.4. The Hall–Kier alpha value is -2.42. The maximum Gasteiger partial charge on any atom is 0.413 e. The van der Waals surface area contributed by atoms with E-state index in [2.05, 4.69) is 15.5 Å². The Morgan fingerprint density at radius 1 is 1.16 bits per heavy atom. The van der Waals surface area contributed by atoms with Crippen LogP contribution in [0.1, 0.15) is 57.4 Å². The lowest BCUT2D eigenvalue weighted by Crippen LogP contribution is -2.51. The fourth-order valence-electron chi connectivity index (χ4n) is 7.31. The van der Waals surface area contributed by atoms with E-state index in [0.29, 0.717) is 32.1 Å². The van der Waals surface area contributed by atoms with Crippen LogP contribution in [0.3, 0.4) is 0 Å². The molecule has 0 spiro atoms. The molecule has 200 valence electrons. The van der Waals surface area contributed by atoms with Gasteiger partial charge < -0.3 is 15.5 Å². The van der Waals surface area contributed by atoms with Crippen molar-refractivity contribution in [3.63, 3.8) is 0 Å². The van der Waals surface area contributed by atoms with Crippen molar-refractivity contribution in [2.24, 2.45) is 17.3 Å². The van der Waals surface area contributed by atoms with Crippen molar-refractivity contribution in [2.75, 3.05) is 14.1 Å². The zero-order valence-electron chi connectivity index (χ0n) is 21.6. The number of rotatable bonds is 1. The third-order valence-electron chi connectivity index (χ3n) is 9.00. The van der Waals surface area contributed by atoms with E-state index in [1.54, 1.807) is 12.3 Å². The lowest BCUT2D eigenvalue weighted by Gasteiger charge is -2.50. The molecule has 2 aromatic rings. The van der Waals surface area contributed by atoms with Crippen LogP contribution < -0.4 is 5.32 Å². The number of halogens is 3. The first-order valence-electron chi connectivity index (χ1n) is 13.2. The van der Waals surface area contributed by atoms with Crippen LogP contribution in [0.15, 0.2) is 53.3 Å². The van der Waals surface area contributed by atoms with Gasteiger partial charge in [-0.2, -0.15) is 18.3 Å². The topological polar surface area (TPSA) is 81.2 Å². The van der Waals surface area contributed by atoms with Gasteiger partial charge in [0.2, 0.25) is 0 Å². The van der Waals surface area contributed by atoms with Crippen molar-refractivity contribution in [2.45, 2.75) is 69.8 Å². The van der Waals surface area contributed by atoms with E-state index in [1.165, 1.54) is 0 Å². The number of benzene rings is 1. The van der Waals surface area contributed by atoms with Crippen molar-refractivity contribution < 1.29 is 23.4 Å². The zero-order valence-corrected chi connectivity index (χ0v) is 21.6. The maximum atomic E-state index is 14.6. The molecule has 0 radical (unpaired) electrons. The third-order valence-corrected chi connectivity index (χ3v) is 9.00. The molecule has 5 atom stereocenters. The monoisotopic (exact) mass is 515 g/mol. The summed E-state index contributed by atoms with van der Waals surface area (Å²) in [7, 11) is 3.75. The summed E-state index contributed by atoms with van der Waals surface area (Å²) in [4.78, 5) is 0. The van der Waals surface area contributed by atoms with Gasteiger partial charge in [-0.15, -0.1) is 0 Å². The highest BCUT2D eigenvalue weighted by Gasteiger charge is 2.60. The van der Waals surface area contributed by atoms with Gasteiger partial charge >= 0.3 is 6.18 Å². The van der Waals surface area contributed by atoms with Gasteiger partial charge in [0, 0.05) is 22.3 Å². The van der Waals surface area contributed by atoms with E-state index in [9.17, 15) is 23.4 Å². The van der Waals surface area contributed by atoms with Gasteiger partial charge in [-0.3, -0.25) is 5.10 Å². The van der Waals surface area contributed by atoms with E-state index in [4.69, 9.17) is 0 Å². The van der Waals surface area contributed by atoms with Crippen LogP contribution >= 0.6 is 0 Å². The molecule has 1 aromatic carbocycles. The lowest BCUT2D eigenvalue weighted by atomic mass is 9.56. The Balaban J connectivity index is 0.000000892. The van der Waals surface area contributed by atoms with Gasteiger partial charge in [0.25, 0.3) is 0 Å². The number of aromatic nitrogens is 2. The summed E-state index contributed by atoms with van der Waals surface area (Å²) >= 11 is 0. The van der Waals surface area contributed by atoms with Crippen LogP contribution in [0.5, 0.6) is 0 Å². The predicted octanol–water partition coefficient (Wildman–Crippen LogP) is 5.68. The van der Waals surface area contributed by atoms with Crippen LogP contribution in [0, 0.1) is 17.3 Å². The number of fused-ring (bicyclic) bond motifs is 5. The highest BCUT2D eigenvalue weighted by molar-refractivity contribution is 5.85. The predicted molar refractivity (Wildman–Crippen MR) is 139 cm³/mol. The van der Waals surface area contributed by atoms with Gasteiger partial charge in [-0.05, 0) is 93.8 Å². The zero-order chi connectivity index (χ0) is 26.6. The lowest BCUT2D eigenvalue weighted by molar-refractivity contribution is -0.113. The van der Waals surface area contributed by atoms with Gasteiger partial charge in [-0.25, -0.2) is 0 Å². The third kappa shape index (κ3) is 4.37. The Bertz CT molecular complexity index is 1280. The minimum Gasteiger partial charge on any atom is -0.393 e. The van der Waals surface area contributed by atoms with Crippen molar-refractivity contribution in [1.82, 2.24) is 15.5 Å². The summed E-state index contributed by atoms with van der Waals surface area (Å²) in [5.74, 6) is -0.207. The van der Waals surface area contributed by atoms with E-state index in [0.717, 1.165) is 34.0 Å². The summed E-state index contributed by atoms with van der Waals surface area (Å²) < 4.78 is 43.7. The molecule has 8 heteroatoms. The molecule has 5 nitrogen and oxygen atoms in total. The first-order chi connectivity index (χ1) is 17.5. The molecule has 1 heterocycles. The van der Waals surface area contributed by atoms with Crippen molar-refractivity contribution in [3.05, 3.63) is 58.8 Å². The van der Waals surface area contributed by atoms with Crippen LogP contribution in [-0.2, 0) is 0 Å². The Morgan fingerprint density at radius 3 is 2.65 bits per heavy atom. The van der Waals surface area contributed by atoms with E-state index in [-0.39, 0.29) is 23.8 Å². The molecule has 4 unspecified atom stereocenters. The van der Waals surface area contributed by atoms with Crippen molar-refractivity contribution in [1.29, 1.82) is 0 Å². The summed E-state index contributed by atoms with van der Waals surface area (Å²) in [5.41, 5.74) is 0.555. The number of aliphatic hydroxyl groups is 2. The first-order valence-corrected chi connectivity index (χ1v) is 13.2. The number of alkyl halides is 3. The van der Waals surface area contributed by atoms with Crippen LogP contribution in [0.2, 0.25) is 0 Å². The smallest absolute Gasteiger partial charge is 0.393 e. The van der Waals surface area contributed by atoms with Crippen molar-refractivity contribution in [3.8, 4) is 0 Å². The van der Waals surface area contributed by atoms with E-state index >= 15 is 0 Å². The first kappa shape index (κ1) is 26.2. The highest BCUT2D eigenvalue weighted by Crippen LogP contribution is 2.64. The molecule has 37 heavy (non-hydrogen) atoms. The number of H-pyrrole nitrogens is 1. The van der Waals surface area contributed by atoms with E-state index in [1.807, 2.05) is 45.3 Å². The molecule has 1 saturated carbocycles. The Morgan fingerprint density at radius 2 is 1.92 bits per heavy atom. The standard InChI is InChI=1S/C27H29F3N2O2.C2H7N/c1-25-13-22(27(28,29)30)21-12-17-11-19(33)4-2-15(17)8-9-26(21,34)24(25)7-5-20(25)16-3-6-23-18(10-16)14-31-32-23;1-3-2/h3,5-6,10,12,14-15,19,24,33-34H,2,4,7-9,11,13H2,1H3,(H,31,32);3H,1-2H3/t15?,19?,24?,25?,26-;/m1./s1. The summed E-state index contributed by atoms with van der Waals surface area (Å²) in [6.45, 7) is 1.89. The molecule has 0 amide bonds. The molecule has 1 aromatic heterocycles. The number of nitrogens with one attached hydrogen (secondary N) is 2. The normalized spacial score (nSPS) is 33.5. The minimum atomic E-state index is -4.54.